The smallest absolute Gasteiger partial charge is 0.308 e. The number of methoxy groups -OCH3 is 1. The van der Waals surface area contributed by atoms with E-state index in [0.29, 0.717) is 10.8 Å². The number of hydrogen-bond acceptors (Lipinski definition) is 5. The van der Waals surface area contributed by atoms with Crippen LogP contribution < -0.4 is 0 Å². The van der Waals surface area contributed by atoms with E-state index >= 15 is 0 Å². The molecule has 0 N–H and O–H groups in total. The van der Waals surface area contributed by atoms with Gasteiger partial charge >= 0.3 is 5.97 Å². The molecule has 0 fully saturated rings. The highest BCUT2D eigenvalue weighted by Gasteiger charge is 2.32. The van der Waals surface area contributed by atoms with E-state index in [0.717, 1.165) is 33.7 Å². The number of ether oxygens (including phenoxy) is 1. The number of fused-ring (bicyclic) bond motifs is 2. The average molecular weight is 409 g/mol. The standard InChI is InChI=1S/C23H21ClN2O3/c1-13-4-10-17-18(11-5-13)22(15-6-8-16(24)9-7-15)25-19(12-20(27)28-3)23-21(17)14(2)26-29-23/h4-11,13,19H,12H2,1-3H3/t13?,19-/m0/s1. The van der Waals surface area contributed by atoms with Crippen LogP contribution in [0.5, 0.6) is 0 Å². The summed E-state index contributed by atoms with van der Waals surface area (Å²) < 4.78 is 10.6. The lowest BCUT2D eigenvalue weighted by atomic mass is 9.93. The molecule has 2 aromatic rings. The number of aromatic nitrogens is 1. The molecule has 0 saturated carbocycles. The lowest BCUT2D eigenvalue weighted by molar-refractivity contribution is -0.141. The van der Waals surface area contributed by atoms with Crippen molar-refractivity contribution in [2.24, 2.45) is 10.9 Å². The number of aliphatic imine (C=N–C) groups is 1. The van der Waals surface area contributed by atoms with E-state index < -0.39 is 6.04 Å². The minimum absolute atomic E-state index is 0.0691. The van der Waals surface area contributed by atoms with Crippen LogP contribution >= 0.6 is 11.6 Å². The number of aryl methyl sites for hydroxylation is 1. The molecule has 1 aromatic heterocycles. The number of allylic oxidation sites excluding steroid dienone is 6. The van der Waals surface area contributed by atoms with Gasteiger partial charge in [-0.2, -0.15) is 0 Å². The second-order valence-corrected chi connectivity index (χ2v) is 7.63. The molecule has 1 unspecified atom stereocenters. The van der Waals surface area contributed by atoms with Gasteiger partial charge in [0.05, 0.1) is 30.5 Å². The first-order valence-corrected chi connectivity index (χ1v) is 9.84. The van der Waals surface area contributed by atoms with Crippen LogP contribution in [0.15, 0.2) is 63.7 Å². The monoisotopic (exact) mass is 408 g/mol. The van der Waals surface area contributed by atoms with Crippen LogP contribution in [0.1, 0.15) is 42.0 Å². The Labute approximate surface area is 174 Å². The molecule has 1 aliphatic carbocycles. The van der Waals surface area contributed by atoms with E-state index in [9.17, 15) is 4.79 Å². The van der Waals surface area contributed by atoms with Crippen LogP contribution in [0.3, 0.4) is 0 Å². The second-order valence-electron chi connectivity index (χ2n) is 7.19. The van der Waals surface area contributed by atoms with Crippen molar-refractivity contribution in [3.05, 3.63) is 81.7 Å². The molecule has 1 aliphatic heterocycles. The minimum Gasteiger partial charge on any atom is -0.469 e. The van der Waals surface area contributed by atoms with Gasteiger partial charge in [0.15, 0.2) is 5.76 Å². The first-order valence-electron chi connectivity index (χ1n) is 9.46. The fourth-order valence-electron chi connectivity index (χ4n) is 3.61. The minimum atomic E-state index is -0.532. The van der Waals surface area contributed by atoms with Gasteiger partial charge in [-0.15, -0.1) is 0 Å². The second kappa shape index (κ2) is 7.84. The van der Waals surface area contributed by atoms with Gasteiger partial charge in [0.2, 0.25) is 0 Å². The highest BCUT2D eigenvalue weighted by molar-refractivity contribution is 6.31. The Balaban J connectivity index is 1.98. The van der Waals surface area contributed by atoms with Crippen molar-refractivity contribution < 1.29 is 14.1 Å². The fraction of sp³-hybridized carbons (Fsp3) is 0.261. The fourth-order valence-corrected chi connectivity index (χ4v) is 3.73. The number of halogens is 1. The maximum Gasteiger partial charge on any atom is 0.308 e. The zero-order valence-corrected chi connectivity index (χ0v) is 17.2. The zero-order valence-electron chi connectivity index (χ0n) is 16.5. The quantitative estimate of drug-likeness (QED) is 0.650. The molecule has 0 amide bonds. The molecule has 0 spiro atoms. The molecule has 0 saturated heterocycles. The SMILES string of the molecule is COC(=O)C[C@@H]1N=C(c2ccc(Cl)cc2)C2=C(C=CC(C)C=C2)c2c(C)noc21. The molecule has 29 heavy (non-hydrogen) atoms. The molecule has 2 heterocycles. The van der Waals surface area contributed by atoms with E-state index in [2.05, 4.69) is 36.4 Å². The molecule has 5 nitrogen and oxygen atoms in total. The number of esters is 1. The highest BCUT2D eigenvalue weighted by Crippen LogP contribution is 2.40. The summed E-state index contributed by atoms with van der Waals surface area (Å²) in [6.07, 6.45) is 8.52. The zero-order chi connectivity index (χ0) is 20.5. The van der Waals surface area contributed by atoms with Gasteiger partial charge in [0, 0.05) is 16.2 Å². The van der Waals surface area contributed by atoms with Crippen LogP contribution in [-0.2, 0) is 9.53 Å². The summed E-state index contributed by atoms with van der Waals surface area (Å²) in [7, 11) is 1.37. The van der Waals surface area contributed by atoms with Crippen molar-refractivity contribution in [1.82, 2.24) is 5.16 Å². The number of nitrogens with zero attached hydrogens (tertiary/aromatic N) is 2. The summed E-state index contributed by atoms with van der Waals surface area (Å²) in [4.78, 5) is 17.1. The van der Waals surface area contributed by atoms with E-state index in [-0.39, 0.29) is 18.3 Å². The van der Waals surface area contributed by atoms with Crippen molar-refractivity contribution in [3.63, 3.8) is 0 Å². The number of hydrogen-bond donors (Lipinski definition) is 0. The number of carbonyl (C=O) groups excluding carboxylic acids is 1. The van der Waals surface area contributed by atoms with E-state index in [1.807, 2.05) is 31.2 Å². The predicted octanol–water partition coefficient (Wildman–Crippen LogP) is 5.26. The van der Waals surface area contributed by atoms with Crippen molar-refractivity contribution in [2.75, 3.05) is 7.11 Å². The molecule has 0 radical (unpaired) electrons. The highest BCUT2D eigenvalue weighted by atomic mass is 35.5. The Bertz CT molecular complexity index is 1070. The first-order chi connectivity index (χ1) is 14.0. The maximum absolute atomic E-state index is 12.1. The Morgan fingerprint density at radius 1 is 1.17 bits per heavy atom. The van der Waals surface area contributed by atoms with Crippen LogP contribution in [-0.4, -0.2) is 23.9 Å². The number of rotatable bonds is 3. The molecule has 0 bridgehead atoms. The van der Waals surface area contributed by atoms with Gasteiger partial charge in [-0.1, -0.05) is 60.1 Å². The van der Waals surface area contributed by atoms with Crippen molar-refractivity contribution in [1.29, 1.82) is 0 Å². The lowest BCUT2D eigenvalue weighted by Crippen LogP contribution is -2.10. The summed E-state index contributed by atoms with van der Waals surface area (Å²) in [6, 6.07) is 7.01. The van der Waals surface area contributed by atoms with Crippen LogP contribution in [0.25, 0.3) is 5.57 Å². The normalized spacial score (nSPS) is 20.5. The Kier molecular flexibility index (Phi) is 5.24. The Morgan fingerprint density at radius 3 is 2.55 bits per heavy atom. The largest absolute Gasteiger partial charge is 0.469 e. The Morgan fingerprint density at radius 2 is 1.86 bits per heavy atom. The van der Waals surface area contributed by atoms with E-state index in [1.54, 1.807) is 0 Å². The molecule has 6 heteroatoms. The van der Waals surface area contributed by atoms with Gasteiger partial charge in [0.1, 0.15) is 6.04 Å². The van der Waals surface area contributed by atoms with Crippen LogP contribution in [0.2, 0.25) is 5.02 Å². The number of carbonyl (C=O) groups is 1. The topological polar surface area (TPSA) is 64.7 Å². The van der Waals surface area contributed by atoms with Crippen molar-refractivity contribution >= 4 is 28.9 Å². The third-order valence-electron chi connectivity index (χ3n) is 5.13. The summed E-state index contributed by atoms with van der Waals surface area (Å²) in [6.45, 7) is 4.03. The summed E-state index contributed by atoms with van der Waals surface area (Å²) in [5.74, 6) is 0.505. The molecule has 1 aromatic carbocycles. The Hall–Kier alpha value is -2.92. The third-order valence-corrected chi connectivity index (χ3v) is 5.38. The van der Waals surface area contributed by atoms with Gasteiger partial charge < -0.3 is 9.26 Å². The van der Waals surface area contributed by atoms with E-state index in [1.165, 1.54) is 7.11 Å². The molecule has 4 rings (SSSR count). The number of benzene rings is 1. The van der Waals surface area contributed by atoms with Crippen molar-refractivity contribution in [3.8, 4) is 0 Å². The molecule has 148 valence electrons. The molecular weight excluding hydrogens is 388 g/mol. The molecule has 2 atom stereocenters. The predicted molar refractivity (Wildman–Crippen MR) is 113 cm³/mol. The molecule has 2 aliphatic rings. The van der Waals surface area contributed by atoms with Crippen LogP contribution in [0, 0.1) is 12.8 Å². The van der Waals surface area contributed by atoms with Gasteiger partial charge in [-0.3, -0.25) is 9.79 Å². The maximum atomic E-state index is 12.1. The third kappa shape index (κ3) is 3.70. The van der Waals surface area contributed by atoms with E-state index in [4.69, 9.17) is 25.9 Å². The first kappa shape index (κ1) is 19.4. The van der Waals surface area contributed by atoms with Gasteiger partial charge in [0.25, 0.3) is 0 Å². The van der Waals surface area contributed by atoms with Gasteiger partial charge in [-0.25, -0.2) is 0 Å². The summed E-state index contributed by atoms with van der Waals surface area (Å²) >= 11 is 6.10. The summed E-state index contributed by atoms with van der Waals surface area (Å²) in [5.41, 5.74) is 5.30. The van der Waals surface area contributed by atoms with Gasteiger partial charge in [-0.05, 0) is 30.5 Å². The van der Waals surface area contributed by atoms with Crippen LogP contribution in [0.4, 0.5) is 0 Å². The van der Waals surface area contributed by atoms with Crippen molar-refractivity contribution in [2.45, 2.75) is 26.3 Å². The molecular formula is C23H21ClN2O3. The summed E-state index contributed by atoms with van der Waals surface area (Å²) in [5, 5.41) is 4.82. The average Bonchev–Trinajstić information content (AvgIpc) is 2.91. The lowest BCUT2D eigenvalue weighted by Gasteiger charge is -2.12.